The molecular formula is C94H166N4. The van der Waals surface area contributed by atoms with Gasteiger partial charge in [0.25, 0.3) is 0 Å². The monoisotopic (exact) mass is 1350 g/mol. The minimum Gasteiger partial charge on any atom is -0.294 e. The van der Waals surface area contributed by atoms with Crippen molar-refractivity contribution in [2.24, 2.45) is 82.9 Å². The van der Waals surface area contributed by atoms with Crippen LogP contribution in [0, 0.1) is 82.9 Å². The van der Waals surface area contributed by atoms with Gasteiger partial charge in [-0.2, -0.15) is 0 Å². The van der Waals surface area contributed by atoms with Crippen LogP contribution in [-0.4, -0.2) is 92.1 Å². The van der Waals surface area contributed by atoms with Gasteiger partial charge in [-0.3, -0.25) is 19.6 Å². The molecule has 0 aromatic carbocycles. The van der Waals surface area contributed by atoms with E-state index in [2.05, 4.69) is 47.3 Å². The molecule has 14 saturated carbocycles. The maximum absolute atomic E-state index is 3.65. The molecule has 0 heterocycles. The molecule has 98 heavy (non-hydrogen) atoms. The fourth-order valence-electron chi connectivity index (χ4n) is 29.9. The molecule has 0 amide bonds. The Kier molecular flexibility index (Phi) is 28.6. The van der Waals surface area contributed by atoms with Crippen molar-refractivity contribution in [3.8, 4) is 0 Å². The average Bonchev–Trinajstić information content (AvgIpc) is 0.705. The van der Waals surface area contributed by atoms with E-state index in [4.69, 9.17) is 0 Å². The van der Waals surface area contributed by atoms with Crippen LogP contribution in [0.5, 0.6) is 0 Å². The molecule has 10 unspecified atom stereocenters. The zero-order valence-electron chi connectivity index (χ0n) is 66.1. The van der Waals surface area contributed by atoms with Crippen molar-refractivity contribution < 1.29 is 0 Å². The van der Waals surface area contributed by atoms with Crippen molar-refractivity contribution >= 4 is 0 Å². The number of hydrogen-bond donors (Lipinski definition) is 0. The second kappa shape index (κ2) is 37.6. The quantitative estimate of drug-likeness (QED) is 0.0724. The van der Waals surface area contributed by atoms with Gasteiger partial charge in [-0.25, -0.2) is 0 Å². The van der Waals surface area contributed by atoms with Crippen LogP contribution < -0.4 is 0 Å². The molecule has 0 bridgehead atoms. The van der Waals surface area contributed by atoms with E-state index in [1.54, 1.807) is 154 Å². The highest BCUT2D eigenvalue weighted by Gasteiger charge is 2.64. The van der Waals surface area contributed by atoms with Gasteiger partial charge in [0.15, 0.2) is 0 Å². The second-order valence-electron chi connectivity index (χ2n) is 40.3. The summed E-state index contributed by atoms with van der Waals surface area (Å²) in [5.74, 6) is 13.9. The molecule has 4 heteroatoms. The average molecular weight is 1350 g/mol. The molecule has 14 rings (SSSR count). The number of hydrogen-bond acceptors (Lipinski definition) is 4. The lowest BCUT2D eigenvalue weighted by molar-refractivity contribution is -0.190. The lowest BCUT2D eigenvalue weighted by atomic mass is 9.41. The van der Waals surface area contributed by atoms with Gasteiger partial charge in [-0.05, 0) is 327 Å². The Labute approximate surface area is 610 Å². The van der Waals surface area contributed by atoms with Crippen molar-refractivity contribution in [3.63, 3.8) is 0 Å². The Balaban J connectivity index is 0.797. The van der Waals surface area contributed by atoms with E-state index in [-0.39, 0.29) is 0 Å². The number of unbranched alkanes of at least 4 members (excludes halogenated alkanes) is 10. The van der Waals surface area contributed by atoms with Crippen LogP contribution in [0.3, 0.4) is 0 Å². The van der Waals surface area contributed by atoms with E-state index in [0.717, 1.165) is 155 Å². The van der Waals surface area contributed by atoms with E-state index in [1.807, 2.05) is 0 Å². The first-order valence-corrected chi connectivity index (χ1v) is 47.5. The first kappa shape index (κ1) is 74.7. The van der Waals surface area contributed by atoms with Gasteiger partial charge in [0.2, 0.25) is 0 Å². The minimum absolute atomic E-state index is 0.866. The van der Waals surface area contributed by atoms with E-state index in [0.29, 0.717) is 0 Å². The Hall–Kier alpha value is -0.160. The molecule has 14 aliphatic carbocycles. The number of rotatable bonds is 28. The van der Waals surface area contributed by atoms with E-state index < -0.39 is 0 Å². The van der Waals surface area contributed by atoms with Gasteiger partial charge in [0, 0.05) is 72.5 Å². The van der Waals surface area contributed by atoms with E-state index in [9.17, 15) is 0 Å². The molecule has 14 aliphatic rings. The first-order valence-electron chi connectivity index (χ1n) is 47.5. The summed E-state index contributed by atoms with van der Waals surface area (Å²) in [6.45, 7) is 10.1. The van der Waals surface area contributed by atoms with Crippen molar-refractivity contribution in [3.05, 3.63) is 0 Å². The largest absolute Gasteiger partial charge is 0.294 e. The third kappa shape index (κ3) is 18.2. The summed E-state index contributed by atoms with van der Waals surface area (Å²) in [5.41, 5.74) is 0. The molecule has 0 spiro atoms. The van der Waals surface area contributed by atoms with Gasteiger partial charge < -0.3 is 0 Å². The molecule has 562 valence electrons. The third-order valence-electron chi connectivity index (χ3n) is 34.7. The van der Waals surface area contributed by atoms with Gasteiger partial charge in [-0.15, -0.1) is 0 Å². The SMILES string of the molecule is CCCCCCCCC1CCC(N(C2CCC(C)CC2)C2CC(C3CCC(N(C4CCCCC4)C4CCCCC4)CC3)C3CCC4C5C(CCC2C35)C(C2CCC(N(C3CCCCC3)C3CCCCC3)CC2)CC4N(C2CCC(C)CC2)C2CCC(CCCCCCCC)CC2)CC1. The standard InChI is InChI=1S/C94H166N4/c1-5-7-9-11-13-19-29-71-43-55-83(56-44-71)97(81-51-39-69(3)40-52-81)91-67-89(73-47-59-79(60-48-73)95(75-31-21-15-22-32-75)76-33-23-16-24-34-76)85-64-66-88-92(98(82-53-41-70(4)42-54-82)84-57-45-72(46-58-84)30-20-14-12-10-8-6-2)68-90(86-63-65-87(91)93(85)94(86)88)74-49-61-80(62-50-74)96(77-35-25-17-26-36-77)78-37-27-18-28-38-78/h69-94H,5-68H2,1-4H3. The van der Waals surface area contributed by atoms with Gasteiger partial charge in [0.1, 0.15) is 0 Å². The molecule has 4 nitrogen and oxygen atoms in total. The Bertz CT molecular complexity index is 2000. The predicted octanol–water partition coefficient (Wildman–Crippen LogP) is 26.5. The molecule has 0 aliphatic heterocycles. The Morgan fingerprint density at radius 2 is 0.469 bits per heavy atom. The summed E-state index contributed by atoms with van der Waals surface area (Å²) in [6, 6.07) is 10.6. The predicted molar refractivity (Wildman–Crippen MR) is 420 cm³/mol. The summed E-state index contributed by atoms with van der Waals surface area (Å²) in [7, 11) is 0. The highest BCUT2D eigenvalue weighted by molar-refractivity contribution is 5.15. The molecule has 0 radical (unpaired) electrons. The van der Waals surface area contributed by atoms with Crippen LogP contribution in [0.15, 0.2) is 0 Å². The van der Waals surface area contributed by atoms with Crippen molar-refractivity contribution in [1.29, 1.82) is 0 Å². The van der Waals surface area contributed by atoms with Crippen molar-refractivity contribution in [2.45, 2.75) is 511 Å². The zero-order valence-corrected chi connectivity index (χ0v) is 66.1. The zero-order chi connectivity index (χ0) is 66.6. The molecule has 14 fully saturated rings. The van der Waals surface area contributed by atoms with Crippen molar-refractivity contribution in [1.82, 2.24) is 19.6 Å². The second-order valence-corrected chi connectivity index (χ2v) is 40.3. The van der Waals surface area contributed by atoms with Crippen LogP contribution in [0.25, 0.3) is 0 Å². The highest BCUT2D eigenvalue weighted by Crippen LogP contribution is 2.67. The molecule has 0 saturated heterocycles. The van der Waals surface area contributed by atoms with Crippen LogP contribution in [0.1, 0.15) is 439 Å². The maximum atomic E-state index is 3.65. The van der Waals surface area contributed by atoms with Crippen LogP contribution in [0.2, 0.25) is 0 Å². The summed E-state index contributed by atoms with van der Waals surface area (Å²) >= 11 is 0. The third-order valence-corrected chi connectivity index (χ3v) is 34.7. The highest BCUT2D eigenvalue weighted by atomic mass is 15.3. The molecule has 0 aromatic rings. The van der Waals surface area contributed by atoms with Crippen LogP contribution in [-0.2, 0) is 0 Å². The fraction of sp³-hybridized carbons (Fsp3) is 1.00. The van der Waals surface area contributed by atoms with Gasteiger partial charge in [-0.1, -0.05) is 195 Å². The fourth-order valence-corrected chi connectivity index (χ4v) is 29.9. The lowest BCUT2D eigenvalue weighted by Gasteiger charge is -2.68. The van der Waals surface area contributed by atoms with Gasteiger partial charge >= 0.3 is 0 Å². The van der Waals surface area contributed by atoms with Crippen LogP contribution >= 0.6 is 0 Å². The maximum Gasteiger partial charge on any atom is 0.0135 e. The lowest BCUT2D eigenvalue weighted by Crippen LogP contribution is -2.67. The van der Waals surface area contributed by atoms with Gasteiger partial charge in [0.05, 0.1) is 0 Å². The number of nitrogens with zero attached hydrogens (tertiary/aromatic N) is 4. The minimum atomic E-state index is 0.866. The van der Waals surface area contributed by atoms with Crippen LogP contribution in [0.4, 0.5) is 0 Å². The smallest absolute Gasteiger partial charge is 0.0135 e. The topological polar surface area (TPSA) is 13.0 Å². The Morgan fingerprint density at radius 1 is 0.214 bits per heavy atom. The molecule has 0 N–H and O–H groups in total. The summed E-state index contributed by atoms with van der Waals surface area (Å²) in [4.78, 5) is 14.0. The summed E-state index contributed by atoms with van der Waals surface area (Å²) in [5, 5.41) is 0. The normalized spacial score (nSPS) is 41.6. The molecule has 10 atom stereocenters. The summed E-state index contributed by atoms with van der Waals surface area (Å²) < 4.78 is 0. The van der Waals surface area contributed by atoms with E-state index >= 15 is 0 Å². The van der Waals surface area contributed by atoms with Crippen molar-refractivity contribution in [2.75, 3.05) is 0 Å². The molecule has 0 aromatic heterocycles. The first-order chi connectivity index (χ1) is 48.4. The Morgan fingerprint density at radius 3 is 0.786 bits per heavy atom. The summed E-state index contributed by atoms with van der Waals surface area (Å²) in [6.07, 6.45) is 98.0. The van der Waals surface area contributed by atoms with E-state index in [1.165, 1.54) is 257 Å². The molecular weight excluding hydrogens is 1190 g/mol.